The van der Waals surface area contributed by atoms with Crippen molar-refractivity contribution in [2.75, 3.05) is 52.5 Å². The van der Waals surface area contributed by atoms with E-state index in [9.17, 15) is 5.11 Å². The highest BCUT2D eigenvalue weighted by Gasteiger charge is 2.12. The van der Waals surface area contributed by atoms with E-state index in [0.717, 1.165) is 62.9 Å². The molecule has 0 radical (unpaired) electrons. The van der Waals surface area contributed by atoms with Gasteiger partial charge in [-0.2, -0.15) is 0 Å². The molecule has 176 valence electrons. The summed E-state index contributed by atoms with van der Waals surface area (Å²) in [7, 11) is 0. The van der Waals surface area contributed by atoms with Crippen molar-refractivity contribution < 1.29 is 19.0 Å². The predicted molar refractivity (Wildman–Crippen MR) is 125 cm³/mol. The van der Waals surface area contributed by atoms with Crippen LogP contribution in [-0.2, 0) is 11.2 Å². The summed E-state index contributed by atoms with van der Waals surface area (Å²) in [6, 6.07) is 11.4. The van der Waals surface area contributed by atoms with Crippen molar-refractivity contribution in [1.29, 1.82) is 0 Å². The molecule has 1 aliphatic heterocycles. The summed E-state index contributed by atoms with van der Waals surface area (Å²) in [5, 5.41) is 17.4. The summed E-state index contributed by atoms with van der Waals surface area (Å²) < 4.78 is 16.5. The van der Waals surface area contributed by atoms with E-state index >= 15 is 0 Å². The molecule has 3 N–H and O–H groups in total. The summed E-state index contributed by atoms with van der Waals surface area (Å²) >= 11 is 0. The average molecular weight is 445 g/mol. The lowest BCUT2D eigenvalue weighted by atomic mass is 10.1. The first-order valence-corrected chi connectivity index (χ1v) is 11.4. The Labute approximate surface area is 190 Å². The molecule has 2 aromatic rings. The molecule has 8 heteroatoms. The molecule has 0 saturated carbocycles. The van der Waals surface area contributed by atoms with Crippen LogP contribution >= 0.6 is 0 Å². The van der Waals surface area contributed by atoms with Gasteiger partial charge in [0, 0.05) is 39.1 Å². The van der Waals surface area contributed by atoms with Gasteiger partial charge >= 0.3 is 0 Å². The maximum absolute atomic E-state index is 10.7. The first kappa shape index (κ1) is 24.1. The SMILES string of the molecule is CC(C)Oc1cccc(C(O)CN=C(NCCc2ccco2)NCCN2CCOCC2)c1. The van der Waals surface area contributed by atoms with E-state index in [4.69, 9.17) is 13.9 Å². The number of hydrogen-bond donors (Lipinski definition) is 3. The van der Waals surface area contributed by atoms with E-state index in [0.29, 0.717) is 12.5 Å². The Morgan fingerprint density at radius 1 is 1.16 bits per heavy atom. The van der Waals surface area contributed by atoms with Crippen molar-refractivity contribution in [2.45, 2.75) is 32.5 Å². The van der Waals surface area contributed by atoms with Crippen molar-refractivity contribution in [2.24, 2.45) is 4.99 Å². The molecule has 1 aromatic carbocycles. The van der Waals surface area contributed by atoms with E-state index in [1.807, 2.05) is 50.2 Å². The predicted octanol–water partition coefficient (Wildman–Crippen LogP) is 2.21. The summed E-state index contributed by atoms with van der Waals surface area (Å²) in [6.07, 6.45) is 1.81. The monoisotopic (exact) mass is 444 g/mol. The van der Waals surface area contributed by atoms with Gasteiger partial charge in [0.15, 0.2) is 5.96 Å². The molecular weight excluding hydrogens is 408 g/mol. The third kappa shape index (κ3) is 8.53. The lowest BCUT2D eigenvalue weighted by Crippen LogP contribution is -2.45. The molecule has 1 aliphatic rings. The van der Waals surface area contributed by atoms with Gasteiger partial charge in [-0.15, -0.1) is 0 Å². The van der Waals surface area contributed by atoms with E-state index in [1.165, 1.54) is 0 Å². The molecule has 3 rings (SSSR count). The van der Waals surface area contributed by atoms with Gasteiger partial charge in [-0.1, -0.05) is 12.1 Å². The Morgan fingerprint density at radius 2 is 1.97 bits per heavy atom. The molecule has 0 spiro atoms. The molecule has 1 saturated heterocycles. The normalized spacial score (nSPS) is 16.2. The summed E-state index contributed by atoms with van der Waals surface area (Å²) in [6.45, 7) is 10.1. The van der Waals surface area contributed by atoms with Gasteiger partial charge in [0.05, 0.1) is 38.2 Å². The number of benzene rings is 1. The lowest BCUT2D eigenvalue weighted by molar-refractivity contribution is 0.0389. The fraction of sp³-hybridized carbons (Fsp3) is 0.542. The van der Waals surface area contributed by atoms with Crippen LogP contribution in [0.3, 0.4) is 0 Å². The smallest absolute Gasteiger partial charge is 0.191 e. The minimum Gasteiger partial charge on any atom is -0.491 e. The quantitative estimate of drug-likeness (QED) is 0.362. The summed E-state index contributed by atoms with van der Waals surface area (Å²) in [5.74, 6) is 2.35. The number of rotatable bonds is 11. The number of aliphatic imine (C=N–C) groups is 1. The molecule has 0 aliphatic carbocycles. The summed E-state index contributed by atoms with van der Waals surface area (Å²) in [4.78, 5) is 6.99. The van der Waals surface area contributed by atoms with Gasteiger partial charge in [0.2, 0.25) is 0 Å². The number of guanidine groups is 1. The van der Waals surface area contributed by atoms with Crippen LogP contribution < -0.4 is 15.4 Å². The third-order valence-corrected chi connectivity index (χ3v) is 5.11. The molecule has 0 amide bonds. The van der Waals surface area contributed by atoms with Crippen LogP contribution in [0.2, 0.25) is 0 Å². The van der Waals surface area contributed by atoms with Crippen molar-refractivity contribution in [3.8, 4) is 5.75 Å². The Balaban J connectivity index is 1.54. The zero-order valence-corrected chi connectivity index (χ0v) is 19.1. The number of aliphatic hydroxyl groups is 1. The van der Waals surface area contributed by atoms with Crippen molar-refractivity contribution >= 4 is 5.96 Å². The number of aliphatic hydroxyl groups excluding tert-OH is 1. The second-order valence-corrected chi connectivity index (χ2v) is 8.08. The largest absolute Gasteiger partial charge is 0.491 e. The molecule has 0 bridgehead atoms. The zero-order valence-electron chi connectivity index (χ0n) is 19.1. The summed E-state index contributed by atoms with van der Waals surface area (Å²) in [5.41, 5.74) is 0.787. The van der Waals surface area contributed by atoms with Crippen molar-refractivity contribution in [3.05, 3.63) is 54.0 Å². The minimum absolute atomic E-state index is 0.0843. The Morgan fingerprint density at radius 3 is 2.72 bits per heavy atom. The molecular formula is C24H36N4O4. The van der Waals surface area contributed by atoms with Gasteiger partial charge in [-0.3, -0.25) is 9.89 Å². The molecule has 1 fully saturated rings. The van der Waals surface area contributed by atoms with Gasteiger partial charge in [-0.05, 0) is 43.7 Å². The Bertz CT molecular complexity index is 804. The standard InChI is InChI=1S/C24H36N4O4/c1-19(2)32-22-6-3-5-20(17-22)23(29)18-27-24(25-9-8-21-7-4-14-31-21)26-10-11-28-12-15-30-16-13-28/h3-7,14,17,19,23,29H,8-13,15-16,18H2,1-2H3,(H2,25,26,27). The van der Waals surface area contributed by atoms with E-state index in [-0.39, 0.29) is 12.6 Å². The van der Waals surface area contributed by atoms with Gasteiger partial charge in [0.25, 0.3) is 0 Å². The maximum atomic E-state index is 10.7. The second kappa shape index (κ2) is 13.1. The van der Waals surface area contributed by atoms with E-state index in [2.05, 4.69) is 20.5 Å². The highest BCUT2D eigenvalue weighted by atomic mass is 16.5. The number of hydrogen-bond acceptors (Lipinski definition) is 6. The Kier molecular flexibility index (Phi) is 9.87. The number of nitrogens with one attached hydrogen (secondary N) is 2. The average Bonchev–Trinajstić information content (AvgIpc) is 3.31. The molecule has 1 unspecified atom stereocenters. The lowest BCUT2D eigenvalue weighted by Gasteiger charge is -2.26. The van der Waals surface area contributed by atoms with Gasteiger partial charge < -0.3 is 29.6 Å². The fourth-order valence-electron chi connectivity index (χ4n) is 3.44. The first-order valence-electron chi connectivity index (χ1n) is 11.4. The van der Waals surface area contributed by atoms with Crippen LogP contribution in [0.5, 0.6) is 5.75 Å². The molecule has 32 heavy (non-hydrogen) atoms. The first-order chi connectivity index (χ1) is 15.6. The topological polar surface area (TPSA) is 91.5 Å². The van der Waals surface area contributed by atoms with Crippen LogP contribution in [0.25, 0.3) is 0 Å². The molecule has 8 nitrogen and oxygen atoms in total. The molecule has 1 aromatic heterocycles. The van der Waals surface area contributed by atoms with Crippen molar-refractivity contribution in [1.82, 2.24) is 15.5 Å². The fourth-order valence-corrected chi connectivity index (χ4v) is 3.44. The Hall–Kier alpha value is -2.55. The van der Waals surface area contributed by atoms with Crippen LogP contribution in [-0.4, -0.2) is 74.6 Å². The highest BCUT2D eigenvalue weighted by Crippen LogP contribution is 2.20. The zero-order chi connectivity index (χ0) is 22.6. The van der Waals surface area contributed by atoms with Crippen molar-refractivity contribution in [3.63, 3.8) is 0 Å². The van der Waals surface area contributed by atoms with E-state index in [1.54, 1.807) is 6.26 Å². The van der Waals surface area contributed by atoms with Gasteiger partial charge in [0.1, 0.15) is 11.5 Å². The highest BCUT2D eigenvalue weighted by molar-refractivity contribution is 5.79. The third-order valence-electron chi connectivity index (χ3n) is 5.11. The van der Waals surface area contributed by atoms with Gasteiger partial charge in [-0.25, -0.2) is 0 Å². The van der Waals surface area contributed by atoms with E-state index < -0.39 is 6.10 Å². The maximum Gasteiger partial charge on any atom is 0.191 e. The van der Waals surface area contributed by atoms with Crippen LogP contribution in [0.4, 0.5) is 0 Å². The van der Waals surface area contributed by atoms with Crippen LogP contribution in [0.1, 0.15) is 31.3 Å². The number of morpholine rings is 1. The number of nitrogens with zero attached hydrogens (tertiary/aromatic N) is 2. The van der Waals surface area contributed by atoms with Crippen LogP contribution in [0, 0.1) is 0 Å². The number of ether oxygens (including phenoxy) is 2. The molecule has 2 heterocycles. The minimum atomic E-state index is -0.714. The second-order valence-electron chi connectivity index (χ2n) is 8.08. The van der Waals surface area contributed by atoms with Crippen LogP contribution in [0.15, 0.2) is 52.1 Å². The number of furan rings is 1. The molecule has 1 atom stereocenters.